The monoisotopic (exact) mass is 660 g/mol. The molecule has 0 bridgehead atoms. The number of carbonyl (C=O) groups is 3. The average Bonchev–Trinajstić information content (AvgIpc) is 3.86. The van der Waals surface area contributed by atoms with Gasteiger partial charge in [-0.15, -0.1) is 11.3 Å². The third kappa shape index (κ3) is 5.49. The van der Waals surface area contributed by atoms with E-state index in [9.17, 15) is 19.5 Å². The van der Waals surface area contributed by atoms with Gasteiger partial charge in [0.25, 0.3) is 11.8 Å². The van der Waals surface area contributed by atoms with Crippen LogP contribution in [-0.2, 0) is 13.0 Å². The zero-order valence-corrected chi connectivity index (χ0v) is 27.1. The summed E-state index contributed by atoms with van der Waals surface area (Å²) in [6.45, 7) is 5.40. The smallest absolute Gasteiger partial charge is 0.355 e. The molecule has 2 aromatic carbocycles. The molecule has 0 unspecified atom stereocenters. The van der Waals surface area contributed by atoms with E-state index in [1.165, 1.54) is 12.1 Å². The van der Waals surface area contributed by atoms with Gasteiger partial charge in [0.2, 0.25) is 0 Å². The van der Waals surface area contributed by atoms with Crippen LogP contribution >= 0.6 is 11.3 Å². The number of nitrogens with one attached hydrogen (secondary N) is 3. The van der Waals surface area contributed by atoms with E-state index < -0.39 is 17.8 Å². The number of benzene rings is 2. The molecule has 0 saturated carbocycles. The summed E-state index contributed by atoms with van der Waals surface area (Å²) in [6, 6.07) is 16.1. The van der Waals surface area contributed by atoms with Gasteiger partial charge in [0.15, 0.2) is 5.69 Å². The van der Waals surface area contributed by atoms with Gasteiger partial charge in [-0.1, -0.05) is 6.92 Å². The fraction of sp³-hybridized carbons (Fsp3) is 0.194. The number of hydrogen-bond acceptors (Lipinski definition) is 7. The van der Waals surface area contributed by atoms with Crippen LogP contribution in [0.5, 0.6) is 5.75 Å². The zero-order chi connectivity index (χ0) is 33.4. The third-order valence-electron chi connectivity index (χ3n) is 8.40. The summed E-state index contributed by atoms with van der Waals surface area (Å²) in [4.78, 5) is 48.4. The molecule has 0 radical (unpaired) electrons. The number of nitrogens with zero attached hydrogens (tertiary/aromatic N) is 3. The van der Waals surface area contributed by atoms with Crippen LogP contribution in [0.4, 0.5) is 5.69 Å². The molecule has 1 aliphatic heterocycles. The summed E-state index contributed by atoms with van der Waals surface area (Å²) >= 11 is 1.56. The number of pyridine rings is 1. The Labute approximate surface area is 279 Å². The van der Waals surface area contributed by atoms with Gasteiger partial charge in [-0.25, -0.2) is 9.78 Å². The van der Waals surface area contributed by atoms with Gasteiger partial charge in [-0.2, -0.15) is 5.10 Å². The van der Waals surface area contributed by atoms with E-state index in [4.69, 9.17) is 4.74 Å². The van der Waals surface area contributed by atoms with Crippen LogP contribution in [0.15, 0.2) is 72.4 Å². The minimum absolute atomic E-state index is 0.0261. The number of ether oxygens (including phenoxy) is 1. The molecule has 6 aromatic rings. The van der Waals surface area contributed by atoms with Gasteiger partial charge < -0.3 is 25.5 Å². The Morgan fingerprint density at radius 1 is 1.02 bits per heavy atom. The third-order valence-corrected chi connectivity index (χ3v) is 9.39. The molecule has 242 valence electrons. The first-order valence-electron chi connectivity index (χ1n) is 15.7. The molecule has 0 saturated heterocycles. The average molecular weight is 661 g/mol. The molecule has 0 fully saturated rings. The maximum absolute atomic E-state index is 14.5. The largest absolute Gasteiger partial charge is 0.493 e. The number of aromatic carboxylic acids is 1. The Hall–Kier alpha value is -5.75. The Bertz CT molecular complexity index is 2210. The number of thiophene rings is 1. The highest BCUT2D eigenvalue weighted by Crippen LogP contribution is 2.44. The fourth-order valence-electron chi connectivity index (χ4n) is 6.12. The van der Waals surface area contributed by atoms with Crippen molar-refractivity contribution in [1.29, 1.82) is 0 Å². The number of H-pyrrole nitrogens is 1. The van der Waals surface area contributed by atoms with Crippen molar-refractivity contribution in [2.24, 2.45) is 0 Å². The number of carboxylic acids is 1. The summed E-state index contributed by atoms with van der Waals surface area (Å²) in [5, 5.41) is 23.6. The second-order valence-electron chi connectivity index (χ2n) is 11.3. The van der Waals surface area contributed by atoms with E-state index in [-0.39, 0.29) is 22.5 Å². The maximum Gasteiger partial charge on any atom is 0.355 e. The lowest BCUT2D eigenvalue weighted by Crippen LogP contribution is -2.25. The lowest BCUT2D eigenvalue weighted by atomic mass is 9.93. The van der Waals surface area contributed by atoms with Crippen molar-refractivity contribution in [1.82, 2.24) is 25.1 Å². The van der Waals surface area contributed by atoms with Gasteiger partial charge in [0, 0.05) is 75.5 Å². The Balaban J connectivity index is 1.40. The molecule has 11 nitrogen and oxygen atoms in total. The minimum atomic E-state index is -1.33. The molecule has 5 heterocycles. The first-order chi connectivity index (χ1) is 23.4. The molecular formula is C36H32N6O5S. The molecule has 0 aliphatic carbocycles. The first-order valence-corrected chi connectivity index (χ1v) is 16.6. The Kier molecular flexibility index (Phi) is 8.24. The normalized spacial score (nSPS) is 12.1. The predicted molar refractivity (Wildman–Crippen MR) is 185 cm³/mol. The van der Waals surface area contributed by atoms with E-state index in [0.29, 0.717) is 49.5 Å². The molecule has 0 atom stereocenters. The Morgan fingerprint density at radius 2 is 1.90 bits per heavy atom. The molecule has 12 heteroatoms. The zero-order valence-electron chi connectivity index (χ0n) is 26.3. The number of hydrogen-bond donors (Lipinski definition) is 4. The van der Waals surface area contributed by atoms with Crippen molar-refractivity contribution < 1.29 is 24.2 Å². The number of fused-ring (bicyclic) bond motifs is 4. The highest BCUT2D eigenvalue weighted by atomic mass is 32.1. The second-order valence-corrected chi connectivity index (χ2v) is 12.3. The van der Waals surface area contributed by atoms with E-state index in [1.807, 2.05) is 54.4 Å². The fourth-order valence-corrected chi connectivity index (χ4v) is 7.10. The number of aryl methyl sites for hydroxylation is 1. The highest BCUT2D eigenvalue weighted by molar-refractivity contribution is 7.13. The van der Waals surface area contributed by atoms with Crippen molar-refractivity contribution in [3.05, 3.63) is 94.9 Å². The van der Waals surface area contributed by atoms with Crippen LogP contribution in [0.25, 0.3) is 43.7 Å². The topological polar surface area (TPSA) is 151 Å². The molecule has 1 aliphatic rings. The SMILES string of the molecule is CCCNC(=O)c1ccc(-c2cc3c(cc2C(=O)Nc2ccc4[nH]ccc4c2-c2ccnn2CC)-c2sccc2CCO3)c(C(=O)O)n1. The number of aromatic nitrogens is 4. The van der Waals surface area contributed by atoms with Crippen molar-refractivity contribution in [3.63, 3.8) is 0 Å². The van der Waals surface area contributed by atoms with E-state index in [2.05, 4.69) is 31.8 Å². The number of amides is 2. The first kappa shape index (κ1) is 30.9. The lowest BCUT2D eigenvalue weighted by Gasteiger charge is -2.18. The number of rotatable bonds is 9. The van der Waals surface area contributed by atoms with Crippen LogP contribution in [0, 0.1) is 0 Å². The van der Waals surface area contributed by atoms with E-state index in [1.54, 1.807) is 29.7 Å². The van der Waals surface area contributed by atoms with Crippen LogP contribution in [0.3, 0.4) is 0 Å². The van der Waals surface area contributed by atoms with Crippen LogP contribution in [-0.4, -0.2) is 55.8 Å². The predicted octanol–water partition coefficient (Wildman–Crippen LogP) is 6.87. The number of carboxylic acid groups (broad SMARTS) is 1. The van der Waals surface area contributed by atoms with Crippen LogP contribution in [0.2, 0.25) is 0 Å². The molecule has 4 N–H and O–H groups in total. The number of aromatic amines is 1. The van der Waals surface area contributed by atoms with Gasteiger partial charge >= 0.3 is 5.97 Å². The molecular weight excluding hydrogens is 629 g/mol. The standard InChI is InChI=1S/C36H32N6O5S/c1-3-13-38-35(44)28-6-5-21(32(40-28)36(45)46)23-19-30-25(33-20(11-16-47-30)12-17-48-33)18-24(23)34(43)41-27-8-7-26-22(9-14-37-26)31(27)29-10-15-39-42(29)4-2/h5-10,12,14-15,17-19,37H,3-4,11,13,16H2,1-2H3,(H,38,44)(H,41,43)(H,45,46). The summed E-state index contributed by atoms with van der Waals surface area (Å²) in [5.74, 6) is -1.72. The molecule has 4 aromatic heterocycles. The van der Waals surface area contributed by atoms with Crippen LogP contribution in [0.1, 0.15) is 57.2 Å². The molecule has 0 spiro atoms. The van der Waals surface area contributed by atoms with E-state index in [0.717, 1.165) is 38.2 Å². The van der Waals surface area contributed by atoms with Gasteiger partial charge in [-0.05, 0) is 78.9 Å². The lowest BCUT2D eigenvalue weighted by molar-refractivity contribution is 0.0691. The van der Waals surface area contributed by atoms with Crippen molar-refractivity contribution >= 4 is 45.7 Å². The summed E-state index contributed by atoms with van der Waals surface area (Å²) in [5.41, 5.74) is 5.33. The van der Waals surface area contributed by atoms with E-state index >= 15 is 0 Å². The second kappa shape index (κ2) is 12.8. The Morgan fingerprint density at radius 3 is 2.71 bits per heavy atom. The van der Waals surface area contributed by atoms with Crippen molar-refractivity contribution in [2.75, 3.05) is 18.5 Å². The number of carbonyl (C=O) groups excluding carboxylic acids is 2. The number of anilines is 1. The van der Waals surface area contributed by atoms with Gasteiger partial charge in [-0.3, -0.25) is 14.3 Å². The summed E-state index contributed by atoms with van der Waals surface area (Å²) in [7, 11) is 0. The molecule has 7 rings (SSSR count). The highest BCUT2D eigenvalue weighted by Gasteiger charge is 2.27. The quantitative estimate of drug-likeness (QED) is 0.132. The maximum atomic E-state index is 14.5. The van der Waals surface area contributed by atoms with Gasteiger partial charge in [0.1, 0.15) is 11.4 Å². The van der Waals surface area contributed by atoms with Crippen molar-refractivity contribution in [3.8, 4) is 38.6 Å². The van der Waals surface area contributed by atoms with Gasteiger partial charge in [0.05, 0.1) is 18.0 Å². The summed E-state index contributed by atoms with van der Waals surface area (Å²) in [6.07, 6.45) is 4.99. The van der Waals surface area contributed by atoms with Crippen LogP contribution < -0.4 is 15.4 Å². The van der Waals surface area contributed by atoms with Crippen molar-refractivity contribution in [2.45, 2.75) is 33.2 Å². The molecule has 48 heavy (non-hydrogen) atoms. The summed E-state index contributed by atoms with van der Waals surface area (Å²) < 4.78 is 8.04. The minimum Gasteiger partial charge on any atom is -0.493 e. The molecule has 2 amide bonds.